The van der Waals surface area contributed by atoms with Gasteiger partial charge in [0, 0.05) is 49.8 Å². The molecule has 2 fully saturated rings. The molecule has 0 spiro atoms. The average Bonchev–Trinajstić information content (AvgIpc) is 3.67. The number of hydrogen-bond acceptors (Lipinski definition) is 8. The topological polar surface area (TPSA) is 136 Å². The lowest BCUT2D eigenvalue weighted by Gasteiger charge is -2.19. The molecule has 1 saturated heterocycles. The number of carbonyl (C=O) groups is 2. The van der Waals surface area contributed by atoms with E-state index in [4.69, 9.17) is 14.7 Å². The summed E-state index contributed by atoms with van der Waals surface area (Å²) in [5, 5.41) is 15.5. The number of aryl methyl sites for hydroxylation is 1. The number of rotatable bonds is 10. The molecule has 3 amide bonds. The number of aromatic nitrogens is 4. The smallest absolute Gasteiger partial charge is 0.320 e. The first-order chi connectivity index (χ1) is 21.8. The van der Waals surface area contributed by atoms with Crippen molar-refractivity contribution in [1.82, 2.24) is 35.4 Å². The first-order valence-electron chi connectivity index (χ1n) is 14.8. The highest BCUT2D eigenvalue weighted by Gasteiger charge is 2.37. The lowest BCUT2D eigenvalue weighted by molar-refractivity contribution is -0.154. The van der Waals surface area contributed by atoms with Gasteiger partial charge in [0.25, 0.3) is 5.91 Å². The van der Waals surface area contributed by atoms with Crippen molar-refractivity contribution in [1.29, 1.82) is 0 Å². The molecule has 1 saturated carbocycles. The van der Waals surface area contributed by atoms with Crippen molar-refractivity contribution < 1.29 is 23.6 Å². The number of methoxy groups -OCH3 is 1. The first kappa shape index (κ1) is 30.3. The van der Waals surface area contributed by atoms with Crippen LogP contribution in [0.1, 0.15) is 46.1 Å². The van der Waals surface area contributed by atoms with E-state index in [0.717, 1.165) is 24.1 Å². The SMILES string of the molecule is COCCN1C[C@@H](NC(=O)Nc2c(C)c(-c3cnc(C(=O)NC4CC4)c(C)c3)nn2-c2ccccc2)[C@H](c2ccnc(F)c2)O1. The number of urea groups is 1. The number of nitrogens with zero attached hydrogens (tertiary/aromatic N) is 5. The Kier molecular flexibility index (Phi) is 8.83. The third-order valence-electron chi connectivity index (χ3n) is 7.80. The highest BCUT2D eigenvalue weighted by molar-refractivity contribution is 5.95. The normalized spacial score (nSPS) is 18.1. The second-order valence-electron chi connectivity index (χ2n) is 11.2. The zero-order valence-electron chi connectivity index (χ0n) is 25.3. The summed E-state index contributed by atoms with van der Waals surface area (Å²) in [5.74, 6) is -0.356. The third kappa shape index (κ3) is 6.85. The summed E-state index contributed by atoms with van der Waals surface area (Å²) in [5.41, 5.74) is 4.44. The van der Waals surface area contributed by atoms with Crippen molar-refractivity contribution in [3.63, 3.8) is 0 Å². The maximum atomic E-state index is 14.0. The van der Waals surface area contributed by atoms with Gasteiger partial charge in [0.05, 0.1) is 24.0 Å². The van der Waals surface area contributed by atoms with Crippen molar-refractivity contribution in [2.75, 3.05) is 32.1 Å². The quantitative estimate of drug-likeness (QED) is 0.227. The Hall–Kier alpha value is -4.72. The van der Waals surface area contributed by atoms with E-state index in [-0.39, 0.29) is 11.9 Å². The summed E-state index contributed by atoms with van der Waals surface area (Å²) in [4.78, 5) is 40.4. The summed E-state index contributed by atoms with van der Waals surface area (Å²) < 4.78 is 20.8. The molecule has 2 atom stereocenters. The van der Waals surface area contributed by atoms with E-state index in [1.54, 1.807) is 29.1 Å². The molecule has 3 aromatic heterocycles. The van der Waals surface area contributed by atoms with E-state index >= 15 is 0 Å². The number of ether oxygens (including phenoxy) is 1. The van der Waals surface area contributed by atoms with Crippen LogP contribution in [-0.2, 0) is 9.57 Å². The Morgan fingerprint density at radius 2 is 1.89 bits per heavy atom. The molecule has 3 N–H and O–H groups in total. The fourth-order valence-electron chi connectivity index (χ4n) is 5.35. The minimum atomic E-state index is -0.634. The van der Waals surface area contributed by atoms with Crippen LogP contribution in [0, 0.1) is 19.8 Å². The molecule has 2 aliphatic rings. The van der Waals surface area contributed by atoms with Crippen LogP contribution in [0.2, 0.25) is 0 Å². The van der Waals surface area contributed by atoms with Crippen LogP contribution in [0.15, 0.2) is 60.9 Å². The highest BCUT2D eigenvalue weighted by Crippen LogP contribution is 2.32. The lowest BCUT2D eigenvalue weighted by atomic mass is 10.0. The van der Waals surface area contributed by atoms with Gasteiger partial charge in [-0.3, -0.25) is 19.9 Å². The summed E-state index contributed by atoms with van der Waals surface area (Å²) in [6, 6.07) is 13.5. The minimum Gasteiger partial charge on any atom is -0.383 e. The van der Waals surface area contributed by atoms with Crippen LogP contribution >= 0.6 is 0 Å². The van der Waals surface area contributed by atoms with E-state index in [1.165, 1.54) is 12.3 Å². The van der Waals surface area contributed by atoms with Gasteiger partial charge in [-0.05, 0) is 68.1 Å². The van der Waals surface area contributed by atoms with Gasteiger partial charge in [-0.2, -0.15) is 14.6 Å². The molecule has 4 heterocycles. The fraction of sp³-hybridized carbons (Fsp3) is 0.344. The summed E-state index contributed by atoms with van der Waals surface area (Å²) >= 11 is 0. The third-order valence-corrected chi connectivity index (χ3v) is 7.80. The van der Waals surface area contributed by atoms with Crippen LogP contribution in [0.4, 0.5) is 15.0 Å². The summed E-state index contributed by atoms with van der Waals surface area (Å²) in [7, 11) is 1.60. The van der Waals surface area contributed by atoms with Gasteiger partial charge in [0.1, 0.15) is 17.6 Å². The van der Waals surface area contributed by atoms with Gasteiger partial charge in [-0.15, -0.1) is 0 Å². The van der Waals surface area contributed by atoms with Crippen molar-refractivity contribution >= 4 is 17.8 Å². The second kappa shape index (κ2) is 13.1. The number of amides is 3. The van der Waals surface area contributed by atoms with E-state index in [2.05, 4.69) is 25.9 Å². The molecule has 12 nitrogen and oxygen atoms in total. The molecule has 234 valence electrons. The van der Waals surface area contributed by atoms with E-state index in [0.29, 0.717) is 53.6 Å². The van der Waals surface area contributed by atoms with Crippen LogP contribution in [0.5, 0.6) is 0 Å². The number of benzene rings is 1. The number of nitrogens with one attached hydrogen (secondary N) is 3. The van der Waals surface area contributed by atoms with Crippen molar-refractivity contribution in [2.24, 2.45) is 0 Å². The molecule has 45 heavy (non-hydrogen) atoms. The largest absolute Gasteiger partial charge is 0.383 e. The van der Waals surface area contributed by atoms with Crippen LogP contribution < -0.4 is 16.0 Å². The molecule has 0 bridgehead atoms. The van der Waals surface area contributed by atoms with Gasteiger partial charge < -0.3 is 15.4 Å². The lowest BCUT2D eigenvalue weighted by Crippen LogP contribution is -2.42. The number of hydrogen-bond donors (Lipinski definition) is 3. The number of para-hydroxylation sites is 1. The van der Waals surface area contributed by atoms with Crippen molar-refractivity contribution in [3.8, 4) is 16.9 Å². The van der Waals surface area contributed by atoms with E-state index < -0.39 is 24.1 Å². The van der Waals surface area contributed by atoms with Crippen molar-refractivity contribution in [2.45, 2.75) is 44.9 Å². The second-order valence-corrected chi connectivity index (χ2v) is 11.2. The maximum absolute atomic E-state index is 14.0. The molecule has 0 radical (unpaired) electrons. The Morgan fingerprint density at radius 3 is 2.60 bits per heavy atom. The Morgan fingerprint density at radius 1 is 1.09 bits per heavy atom. The Bertz CT molecular complexity index is 1690. The molecule has 4 aromatic rings. The highest BCUT2D eigenvalue weighted by atomic mass is 19.1. The van der Waals surface area contributed by atoms with E-state index in [9.17, 15) is 14.0 Å². The predicted molar refractivity (Wildman–Crippen MR) is 164 cm³/mol. The molecular formula is C32H35FN8O4. The molecule has 13 heteroatoms. The zero-order chi connectivity index (χ0) is 31.5. The molecular weight excluding hydrogens is 579 g/mol. The van der Waals surface area contributed by atoms with Gasteiger partial charge in [-0.1, -0.05) is 18.2 Å². The first-order valence-corrected chi connectivity index (χ1v) is 14.8. The molecule has 0 unspecified atom stereocenters. The maximum Gasteiger partial charge on any atom is 0.320 e. The average molecular weight is 615 g/mol. The number of carbonyl (C=O) groups excluding carboxylic acids is 2. The molecule has 6 rings (SSSR count). The number of pyridine rings is 2. The van der Waals surface area contributed by atoms with Crippen LogP contribution in [0.25, 0.3) is 16.9 Å². The number of hydroxylamine groups is 2. The fourth-order valence-corrected chi connectivity index (χ4v) is 5.35. The Labute approximate surface area is 259 Å². The monoisotopic (exact) mass is 614 g/mol. The van der Waals surface area contributed by atoms with Crippen LogP contribution in [0.3, 0.4) is 0 Å². The summed E-state index contributed by atoms with van der Waals surface area (Å²) in [6.07, 6.45) is 4.35. The minimum absolute atomic E-state index is 0.184. The Balaban J connectivity index is 1.27. The number of halogens is 1. The van der Waals surface area contributed by atoms with Crippen molar-refractivity contribution in [3.05, 3.63) is 89.3 Å². The predicted octanol–water partition coefficient (Wildman–Crippen LogP) is 4.10. The molecule has 1 aliphatic heterocycles. The summed E-state index contributed by atoms with van der Waals surface area (Å²) in [6.45, 7) is 4.97. The standard InChI is InChI=1S/C32H35FN8O4/c1-19-15-22(17-35-27(19)31(42)36-23-9-10-23)28-20(2)30(41(39-28)24-7-5-4-6-8-24)38-32(43)37-25-18-40(13-14-44-3)45-29(25)21-11-12-34-26(33)16-21/h4-8,11-12,15-17,23,25,29H,9-10,13-14,18H2,1-3H3,(H,36,42)(H2,37,38,43)/t25-,29+/m1/s1. The van der Waals surface area contributed by atoms with Gasteiger partial charge in [0.15, 0.2) is 0 Å². The van der Waals surface area contributed by atoms with Gasteiger partial charge >= 0.3 is 6.03 Å². The molecule has 1 aliphatic carbocycles. The molecule has 1 aromatic carbocycles. The number of anilines is 1. The van der Waals surface area contributed by atoms with Gasteiger partial charge in [-0.25, -0.2) is 14.5 Å². The van der Waals surface area contributed by atoms with Crippen LogP contribution in [-0.4, -0.2) is 75.6 Å². The van der Waals surface area contributed by atoms with E-state index in [1.807, 2.05) is 50.2 Å². The zero-order valence-corrected chi connectivity index (χ0v) is 25.3. The van der Waals surface area contributed by atoms with Gasteiger partial charge in [0.2, 0.25) is 5.95 Å².